The van der Waals surface area contributed by atoms with Gasteiger partial charge in [0.15, 0.2) is 0 Å². The van der Waals surface area contributed by atoms with Crippen molar-refractivity contribution in [2.45, 2.75) is 6.54 Å². The second kappa shape index (κ2) is 5.45. The van der Waals surface area contributed by atoms with E-state index in [1.165, 1.54) is 0 Å². The Kier molecular flexibility index (Phi) is 3.93. The highest BCUT2D eigenvalue weighted by molar-refractivity contribution is 9.11. The lowest BCUT2D eigenvalue weighted by molar-refractivity contribution is -0.411. The van der Waals surface area contributed by atoms with Crippen molar-refractivity contribution >= 4 is 33.7 Å². The zero-order valence-corrected chi connectivity index (χ0v) is 11.4. The number of hydrogen-bond acceptors (Lipinski definition) is 5. The average Bonchev–Trinajstić information content (AvgIpc) is 2.79. The number of hydrogen-bond donors (Lipinski definition) is 0. The Morgan fingerprint density at radius 3 is 3.00 bits per heavy atom. The third kappa shape index (κ3) is 2.85. The molecule has 0 unspecified atom stereocenters. The molecule has 0 aromatic carbocycles. The summed E-state index contributed by atoms with van der Waals surface area (Å²) in [6.07, 6.45) is 3.27. The number of rotatable bonds is 3. The molecule has 0 spiro atoms. The summed E-state index contributed by atoms with van der Waals surface area (Å²) in [6, 6.07) is 3.51. The van der Waals surface area contributed by atoms with Crippen LogP contribution < -0.4 is 0 Å². The van der Waals surface area contributed by atoms with Crippen molar-refractivity contribution in [2.75, 3.05) is 6.54 Å². The summed E-state index contributed by atoms with van der Waals surface area (Å²) in [4.78, 5) is 19.9. The maximum Gasteiger partial charge on any atom is 0.352 e. The number of pyridine rings is 1. The largest absolute Gasteiger partial charge is 0.352 e. The molecule has 1 aromatic rings. The molecule has 0 aliphatic carbocycles. The van der Waals surface area contributed by atoms with Crippen LogP contribution in [0.2, 0.25) is 5.15 Å². The van der Waals surface area contributed by atoms with E-state index in [2.05, 4.69) is 25.9 Å². The van der Waals surface area contributed by atoms with Crippen LogP contribution in [0.15, 0.2) is 33.7 Å². The third-order valence-electron chi connectivity index (χ3n) is 2.32. The van der Waals surface area contributed by atoms with Gasteiger partial charge in [-0.15, -0.1) is 0 Å². The lowest BCUT2D eigenvalue weighted by atomic mass is 10.2. The van der Waals surface area contributed by atoms with Crippen LogP contribution in [0.25, 0.3) is 0 Å². The second-order valence-corrected chi connectivity index (χ2v) is 4.69. The molecule has 0 N–H and O–H groups in total. The molecule has 0 fully saturated rings. The summed E-state index contributed by atoms with van der Waals surface area (Å²) in [6.45, 7) is 1.02. The molecule has 0 bridgehead atoms. The predicted octanol–water partition coefficient (Wildman–Crippen LogP) is 2.42. The summed E-state index contributed by atoms with van der Waals surface area (Å²) in [5.41, 5.74) is 0.908. The van der Waals surface area contributed by atoms with E-state index in [4.69, 9.17) is 11.6 Å². The molecule has 0 saturated heterocycles. The van der Waals surface area contributed by atoms with E-state index in [0.29, 0.717) is 24.1 Å². The van der Waals surface area contributed by atoms with Gasteiger partial charge in [0.2, 0.25) is 5.82 Å². The number of nitrogens with zero attached hydrogens (tertiary/aromatic N) is 4. The summed E-state index contributed by atoms with van der Waals surface area (Å²) in [5, 5.41) is 11.1. The minimum absolute atomic E-state index is 0.141. The Morgan fingerprint density at radius 1 is 1.61 bits per heavy atom. The van der Waals surface area contributed by atoms with Gasteiger partial charge in [0.05, 0.1) is 11.5 Å². The Labute approximate surface area is 116 Å². The maximum atomic E-state index is 10.7. The Balaban J connectivity index is 2.17. The molecule has 0 radical (unpaired) electrons. The summed E-state index contributed by atoms with van der Waals surface area (Å²) < 4.78 is -0.141. The maximum absolute atomic E-state index is 10.7. The first-order chi connectivity index (χ1) is 8.58. The van der Waals surface area contributed by atoms with Crippen molar-refractivity contribution in [3.8, 4) is 0 Å². The van der Waals surface area contributed by atoms with E-state index in [1.807, 2.05) is 6.07 Å². The van der Waals surface area contributed by atoms with Crippen molar-refractivity contribution in [3.63, 3.8) is 0 Å². The zero-order chi connectivity index (χ0) is 13.1. The minimum atomic E-state index is -0.509. The molecule has 1 aromatic heterocycles. The lowest BCUT2D eigenvalue weighted by Gasteiger charge is -2.17. The first-order valence-corrected chi connectivity index (χ1v) is 6.17. The molecule has 1 aliphatic heterocycles. The molecule has 6 nitrogen and oxygen atoms in total. The molecular weight excluding hydrogens is 323 g/mol. The molecule has 0 amide bonds. The van der Waals surface area contributed by atoms with Gasteiger partial charge in [0, 0.05) is 34.9 Å². The van der Waals surface area contributed by atoms with Gasteiger partial charge in [-0.1, -0.05) is 17.7 Å². The van der Waals surface area contributed by atoms with Gasteiger partial charge in [0.1, 0.15) is 5.15 Å². The van der Waals surface area contributed by atoms with Gasteiger partial charge in [0.25, 0.3) is 0 Å². The monoisotopic (exact) mass is 330 g/mol. The van der Waals surface area contributed by atoms with Crippen LogP contribution in [-0.4, -0.2) is 27.6 Å². The molecule has 2 rings (SSSR count). The fourth-order valence-corrected chi connectivity index (χ4v) is 1.98. The molecule has 94 valence electrons. The summed E-state index contributed by atoms with van der Waals surface area (Å²) in [5.74, 6) is 0.315. The molecule has 18 heavy (non-hydrogen) atoms. The molecule has 0 atom stereocenters. The zero-order valence-electron chi connectivity index (χ0n) is 9.08. The quantitative estimate of drug-likeness (QED) is 0.369. The Morgan fingerprint density at radius 2 is 2.39 bits per heavy atom. The van der Waals surface area contributed by atoms with Crippen molar-refractivity contribution in [2.24, 2.45) is 4.99 Å². The lowest BCUT2D eigenvalue weighted by Crippen LogP contribution is -2.20. The van der Waals surface area contributed by atoms with Crippen molar-refractivity contribution in [1.29, 1.82) is 0 Å². The van der Waals surface area contributed by atoms with Gasteiger partial charge < -0.3 is 4.90 Å². The highest BCUT2D eigenvalue weighted by Crippen LogP contribution is 2.23. The van der Waals surface area contributed by atoms with Gasteiger partial charge in [-0.2, -0.15) is 0 Å². The molecule has 0 saturated carbocycles. The second-order valence-electron chi connectivity index (χ2n) is 3.55. The Bertz CT molecular complexity index is 529. The SMILES string of the molecule is O=[N+]([O-])C(Br)=C1N=CCN1Cc1ccc(Cl)nc1. The van der Waals surface area contributed by atoms with Crippen LogP contribution >= 0.6 is 27.5 Å². The van der Waals surface area contributed by atoms with Crippen LogP contribution in [0.1, 0.15) is 5.56 Å². The van der Waals surface area contributed by atoms with Crippen molar-refractivity contribution < 1.29 is 4.92 Å². The highest BCUT2D eigenvalue weighted by Gasteiger charge is 2.23. The van der Waals surface area contributed by atoms with Crippen LogP contribution in [0.3, 0.4) is 0 Å². The highest BCUT2D eigenvalue weighted by atomic mass is 79.9. The number of aliphatic imine (C=N–C) groups is 1. The van der Waals surface area contributed by atoms with E-state index in [9.17, 15) is 10.1 Å². The van der Waals surface area contributed by atoms with Crippen LogP contribution in [-0.2, 0) is 6.54 Å². The van der Waals surface area contributed by atoms with Gasteiger partial charge in [-0.3, -0.25) is 10.1 Å². The first-order valence-electron chi connectivity index (χ1n) is 5.00. The molecule has 1 aliphatic rings. The topological polar surface area (TPSA) is 71.6 Å². The van der Waals surface area contributed by atoms with Crippen molar-refractivity contribution in [3.05, 3.63) is 49.6 Å². The Hall–Kier alpha value is -1.47. The van der Waals surface area contributed by atoms with Crippen molar-refractivity contribution in [1.82, 2.24) is 9.88 Å². The van der Waals surface area contributed by atoms with E-state index < -0.39 is 4.92 Å². The van der Waals surface area contributed by atoms with E-state index in [0.717, 1.165) is 5.56 Å². The molecular formula is C10H8BrClN4O2. The standard InChI is InChI=1S/C10H8BrClN4O2/c11-9(16(17)18)10-13-3-4-15(10)6-7-1-2-8(12)14-5-7/h1-3,5H,4,6H2. The van der Waals surface area contributed by atoms with E-state index in [-0.39, 0.29) is 4.61 Å². The average molecular weight is 332 g/mol. The van der Waals surface area contributed by atoms with Gasteiger partial charge in [-0.05, 0) is 11.6 Å². The van der Waals surface area contributed by atoms with Crippen LogP contribution in [0, 0.1) is 10.1 Å². The summed E-state index contributed by atoms with van der Waals surface area (Å²) >= 11 is 8.62. The van der Waals surface area contributed by atoms with Gasteiger partial charge in [-0.25, -0.2) is 9.98 Å². The summed E-state index contributed by atoms with van der Waals surface area (Å²) in [7, 11) is 0. The number of nitro groups is 1. The predicted molar refractivity (Wildman–Crippen MR) is 71.1 cm³/mol. The normalized spacial score (nSPS) is 17.1. The smallest absolute Gasteiger partial charge is 0.341 e. The van der Waals surface area contributed by atoms with Crippen LogP contribution in [0.5, 0.6) is 0 Å². The minimum Gasteiger partial charge on any atom is -0.341 e. The third-order valence-corrected chi connectivity index (χ3v) is 3.19. The number of aromatic nitrogens is 1. The van der Waals surface area contributed by atoms with Gasteiger partial charge >= 0.3 is 4.61 Å². The van der Waals surface area contributed by atoms with Crippen LogP contribution in [0.4, 0.5) is 0 Å². The molecule has 8 heteroatoms. The first kappa shape index (κ1) is 13.0. The fraction of sp³-hybridized carbons (Fsp3) is 0.200. The van der Waals surface area contributed by atoms with E-state index in [1.54, 1.807) is 23.4 Å². The fourth-order valence-electron chi connectivity index (χ4n) is 1.52. The number of halogens is 2. The van der Waals surface area contributed by atoms with E-state index >= 15 is 0 Å². The molecule has 2 heterocycles.